The molecule has 0 fully saturated rings. The van der Waals surface area contributed by atoms with E-state index in [4.69, 9.17) is 16.3 Å². The van der Waals surface area contributed by atoms with Gasteiger partial charge >= 0.3 is 5.97 Å². The number of amides is 1. The maximum Gasteiger partial charge on any atom is 0.341 e. The van der Waals surface area contributed by atoms with Gasteiger partial charge in [0.25, 0.3) is 0 Å². The average molecular weight is 370 g/mol. The van der Waals surface area contributed by atoms with Crippen molar-refractivity contribution in [2.45, 2.75) is 40.2 Å². The molecule has 130 valence electrons. The highest BCUT2D eigenvalue weighted by molar-refractivity contribution is 7.16. The first-order valence-corrected chi connectivity index (χ1v) is 8.86. The van der Waals surface area contributed by atoms with Crippen LogP contribution < -0.4 is 5.32 Å². The Morgan fingerprint density at radius 1 is 1.42 bits per heavy atom. The molecule has 1 atom stereocenters. The largest absolute Gasteiger partial charge is 0.462 e. The van der Waals surface area contributed by atoms with E-state index >= 15 is 0 Å². The van der Waals surface area contributed by atoms with E-state index in [2.05, 4.69) is 10.4 Å². The van der Waals surface area contributed by atoms with Crippen molar-refractivity contribution in [2.24, 2.45) is 0 Å². The van der Waals surface area contributed by atoms with Crippen LogP contribution in [0.2, 0.25) is 5.02 Å². The van der Waals surface area contributed by atoms with E-state index in [-0.39, 0.29) is 12.5 Å². The number of aromatic nitrogens is 2. The summed E-state index contributed by atoms with van der Waals surface area (Å²) in [4.78, 5) is 25.8. The van der Waals surface area contributed by atoms with Crippen LogP contribution >= 0.6 is 22.9 Å². The number of thiophene rings is 1. The number of ether oxygens (including phenoxy) is 1. The molecule has 1 N–H and O–H groups in total. The van der Waals surface area contributed by atoms with Gasteiger partial charge in [0.1, 0.15) is 11.0 Å². The molecule has 2 heterocycles. The Kier molecular flexibility index (Phi) is 6.01. The van der Waals surface area contributed by atoms with Gasteiger partial charge < -0.3 is 10.1 Å². The molecular weight excluding hydrogens is 350 g/mol. The van der Waals surface area contributed by atoms with Crippen molar-refractivity contribution < 1.29 is 14.3 Å². The van der Waals surface area contributed by atoms with Crippen LogP contribution in [-0.2, 0) is 9.53 Å². The molecule has 0 aliphatic rings. The Morgan fingerprint density at radius 2 is 2.12 bits per heavy atom. The lowest BCUT2D eigenvalue weighted by Crippen LogP contribution is -2.26. The predicted molar refractivity (Wildman–Crippen MR) is 94.9 cm³/mol. The summed E-state index contributed by atoms with van der Waals surface area (Å²) in [5, 5.41) is 7.91. The van der Waals surface area contributed by atoms with Crippen molar-refractivity contribution in [3.8, 4) is 0 Å². The van der Waals surface area contributed by atoms with Gasteiger partial charge in [-0.15, -0.1) is 11.3 Å². The number of carbonyl (C=O) groups excluding carboxylic acids is 2. The minimum atomic E-state index is -0.504. The molecule has 1 amide bonds. The van der Waals surface area contributed by atoms with E-state index in [1.165, 1.54) is 22.2 Å². The Balaban J connectivity index is 2.28. The minimum absolute atomic E-state index is 0.246. The molecular formula is C16H20ClN3O3S. The van der Waals surface area contributed by atoms with E-state index < -0.39 is 12.0 Å². The molecule has 0 aromatic carbocycles. The fourth-order valence-corrected chi connectivity index (χ4v) is 3.53. The van der Waals surface area contributed by atoms with Crippen LogP contribution in [0.15, 0.2) is 12.4 Å². The molecule has 0 aliphatic heterocycles. The number of esters is 1. The molecule has 0 saturated heterocycles. The van der Waals surface area contributed by atoms with Crippen molar-refractivity contribution in [3.05, 3.63) is 33.4 Å². The molecule has 2 aromatic heterocycles. The second kappa shape index (κ2) is 7.81. The molecule has 0 bridgehead atoms. The van der Waals surface area contributed by atoms with Gasteiger partial charge in [-0.1, -0.05) is 18.5 Å². The van der Waals surface area contributed by atoms with Crippen molar-refractivity contribution >= 4 is 39.8 Å². The fraction of sp³-hybridized carbons (Fsp3) is 0.438. The van der Waals surface area contributed by atoms with E-state index in [9.17, 15) is 9.59 Å². The van der Waals surface area contributed by atoms with Gasteiger partial charge in [0, 0.05) is 11.1 Å². The normalized spacial score (nSPS) is 12.0. The van der Waals surface area contributed by atoms with E-state index in [1.54, 1.807) is 13.1 Å². The third-order valence-electron chi connectivity index (χ3n) is 3.68. The molecule has 0 saturated carbocycles. The van der Waals surface area contributed by atoms with Gasteiger partial charge in [0.15, 0.2) is 0 Å². The third kappa shape index (κ3) is 3.79. The number of nitrogens with zero attached hydrogens (tertiary/aromatic N) is 2. The Labute approximate surface area is 149 Å². The summed E-state index contributed by atoms with van der Waals surface area (Å²) in [6, 6.07) is -0.504. The third-order valence-corrected chi connectivity index (χ3v) is 5.00. The van der Waals surface area contributed by atoms with E-state index in [0.717, 1.165) is 10.4 Å². The van der Waals surface area contributed by atoms with Crippen LogP contribution in [-0.4, -0.2) is 28.3 Å². The summed E-state index contributed by atoms with van der Waals surface area (Å²) in [5.74, 6) is -0.672. The molecule has 0 radical (unpaired) electrons. The summed E-state index contributed by atoms with van der Waals surface area (Å²) in [6.07, 6.45) is 3.63. The van der Waals surface area contributed by atoms with Crippen molar-refractivity contribution in [1.29, 1.82) is 0 Å². The van der Waals surface area contributed by atoms with Gasteiger partial charge in [0.05, 0.1) is 23.4 Å². The lowest BCUT2D eigenvalue weighted by molar-refractivity contribution is -0.119. The van der Waals surface area contributed by atoms with E-state index in [1.807, 2.05) is 20.8 Å². The number of anilines is 1. The van der Waals surface area contributed by atoms with Gasteiger partial charge in [-0.3, -0.25) is 9.48 Å². The van der Waals surface area contributed by atoms with Gasteiger partial charge in [-0.05, 0) is 32.8 Å². The fourth-order valence-electron chi connectivity index (χ4n) is 2.34. The first-order chi connectivity index (χ1) is 11.4. The molecule has 0 spiro atoms. The van der Waals surface area contributed by atoms with Crippen LogP contribution in [0.3, 0.4) is 0 Å². The molecule has 2 aromatic rings. The quantitative estimate of drug-likeness (QED) is 0.781. The van der Waals surface area contributed by atoms with Crippen LogP contribution in [0.5, 0.6) is 0 Å². The zero-order valence-corrected chi connectivity index (χ0v) is 15.6. The highest BCUT2D eigenvalue weighted by Gasteiger charge is 2.25. The molecule has 8 heteroatoms. The molecule has 2 rings (SSSR count). The summed E-state index contributed by atoms with van der Waals surface area (Å²) >= 11 is 7.24. The van der Waals surface area contributed by atoms with Gasteiger partial charge in [0.2, 0.25) is 5.91 Å². The maximum atomic E-state index is 12.6. The lowest BCUT2D eigenvalue weighted by atomic mass is 10.1. The van der Waals surface area contributed by atoms with Crippen molar-refractivity contribution in [2.75, 3.05) is 11.9 Å². The number of aryl methyl sites for hydroxylation is 1. The number of hydrogen-bond donors (Lipinski definition) is 1. The van der Waals surface area contributed by atoms with Crippen LogP contribution in [0.4, 0.5) is 5.00 Å². The molecule has 6 nitrogen and oxygen atoms in total. The minimum Gasteiger partial charge on any atom is -0.462 e. The summed E-state index contributed by atoms with van der Waals surface area (Å²) in [7, 11) is 0. The smallest absolute Gasteiger partial charge is 0.341 e. The average Bonchev–Trinajstić information content (AvgIpc) is 3.05. The summed E-state index contributed by atoms with van der Waals surface area (Å²) in [6.45, 7) is 7.67. The van der Waals surface area contributed by atoms with Crippen LogP contribution in [0.1, 0.15) is 47.1 Å². The van der Waals surface area contributed by atoms with Crippen molar-refractivity contribution in [1.82, 2.24) is 9.78 Å². The molecule has 24 heavy (non-hydrogen) atoms. The zero-order valence-electron chi connectivity index (χ0n) is 14.1. The predicted octanol–water partition coefficient (Wildman–Crippen LogP) is 3.98. The molecule has 1 unspecified atom stereocenters. The standard InChI is InChI=1S/C16H20ClN3O3S/c1-5-12(20-8-11(17)7-18-20)14(21)19-15-13(16(22)23-6-2)9(3)10(4)24-15/h7-8,12H,5-6H2,1-4H3,(H,19,21). The maximum absolute atomic E-state index is 12.6. The number of halogens is 1. The highest BCUT2D eigenvalue weighted by Crippen LogP contribution is 2.33. The summed E-state index contributed by atoms with van der Waals surface area (Å²) in [5.41, 5.74) is 1.24. The molecule has 0 aliphatic carbocycles. The van der Waals surface area contributed by atoms with E-state index in [0.29, 0.717) is 22.0 Å². The first-order valence-electron chi connectivity index (χ1n) is 7.66. The van der Waals surface area contributed by atoms with Crippen LogP contribution in [0.25, 0.3) is 0 Å². The SMILES string of the molecule is CCOC(=O)c1c(NC(=O)C(CC)n2cc(Cl)cn2)sc(C)c1C. The number of carbonyl (C=O) groups is 2. The van der Waals surface area contributed by atoms with Crippen LogP contribution in [0, 0.1) is 13.8 Å². The van der Waals surface area contributed by atoms with Gasteiger partial charge in [-0.2, -0.15) is 5.10 Å². The highest BCUT2D eigenvalue weighted by atomic mass is 35.5. The Hall–Kier alpha value is -1.86. The topological polar surface area (TPSA) is 73.2 Å². The van der Waals surface area contributed by atoms with Crippen molar-refractivity contribution in [3.63, 3.8) is 0 Å². The Bertz CT molecular complexity index is 754. The zero-order chi connectivity index (χ0) is 17.9. The number of rotatable bonds is 6. The number of hydrogen-bond acceptors (Lipinski definition) is 5. The monoisotopic (exact) mass is 369 g/mol. The van der Waals surface area contributed by atoms with Gasteiger partial charge in [-0.25, -0.2) is 4.79 Å². The summed E-state index contributed by atoms with van der Waals surface area (Å²) < 4.78 is 6.62. The lowest BCUT2D eigenvalue weighted by Gasteiger charge is -2.15. The number of nitrogens with one attached hydrogen (secondary N) is 1. The Morgan fingerprint density at radius 3 is 2.67 bits per heavy atom. The second-order valence-electron chi connectivity index (χ2n) is 5.26. The second-order valence-corrected chi connectivity index (χ2v) is 6.92. The first kappa shape index (κ1) is 18.5.